The fourth-order valence-electron chi connectivity index (χ4n) is 4.21. The van der Waals surface area contributed by atoms with Crippen molar-refractivity contribution >= 4 is 39.3 Å². The van der Waals surface area contributed by atoms with Crippen LogP contribution in [0.5, 0.6) is 0 Å². The van der Waals surface area contributed by atoms with Gasteiger partial charge in [-0.3, -0.25) is 0 Å². The normalized spacial score (nSPS) is 16.2. The molecule has 1 saturated heterocycles. The minimum absolute atomic E-state index is 0.249. The molecule has 0 spiro atoms. The molecule has 3 aromatic rings. The van der Waals surface area contributed by atoms with Crippen LogP contribution in [0.4, 0.5) is 11.4 Å². The zero-order valence-corrected chi connectivity index (χ0v) is 20.6. The summed E-state index contributed by atoms with van der Waals surface area (Å²) < 4.78 is 27.7. The summed E-state index contributed by atoms with van der Waals surface area (Å²) in [6.07, 6.45) is 1.15. The third kappa shape index (κ3) is 5.50. The molecule has 0 bridgehead atoms. The topological polar surface area (TPSA) is 69.7 Å². The minimum atomic E-state index is -3.55. The quantitative estimate of drug-likeness (QED) is 0.455. The molecule has 6 nitrogen and oxygen atoms in total. The highest BCUT2D eigenvalue weighted by Crippen LogP contribution is 2.36. The first kappa shape index (κ1) is 24.4. The highest BCUT2D eigenvalue weighted by Gasteiger charge is 2.28. The molecule has 0 aliphatic carbocycles. The third-order valence-corrected chi connectivity index (χ3v) is 8.31. The SMILES string of the molecule is CN1CCN(S(=O)(=O)c2ccc(C(CC=O)c3ccc(Cl)cc3Nc3ccccc3)cc2)CC1. The molecule has 1 atom stereocenters. The van der Waals surface area contributed by atoms with Crippen molar-refractivity contribution in [2.75, 3.05) is 38.5 Å². The number of hydrogen-bond acceptors (Lipinski definition) is 5. The van der Waals surface area contributed by atoms with Crippen LogP contribution in [-0.4, -0.2) is 57.1 Å². The summed E-state index contributed by atoms with van der Waals surface area (Å²) >= 11 is 6.28. The molecule has 1 heterocycles. The molecule has 0 amide bonds. The van der Waals surface area contributed by atoms with E-state index in [9.17, 15) is 13.2 Å². The Morgan fingerprint density at radius 2 is 1.65 bits per heavy atom. The number of nitrogens with zero attached hydrogens (tertiary/aromatic N) is 2. The molecule has 34 heavy (non-hydrogen) atoms. The summed E-state index contributed by atoms with van der Waals surface area (Å²) in [5, 5.41) is 3.98. The Labute approximate surface area is 206 Å². The van der Waals surface area contributed by atoms with E-state index in [1.807, 2.05) is 49.5 Å². The number of rotatable bonds is 8. The fraction of sp³-hybridized carbons (Fsp3) is 0.269. The summed E-state index contributed by atoms with van der Waals surface area (Å²) in [4.78, 5) is 14.0. The fourth-order valence-corrected chi connectivity index (χ4v) is 5.80. The van der Waals surface area contributed by atoms with E-state index in [2.05, 4.69) is 10.2 Å². The van der Waals surface area contributed by atoms with Crippen LogP contribution >= 0.6 is 11.6 Å². The Kier molecular flexibility index (Phi) is 7.68. The molecule has 3 aromatic carbocycles. The maximum Gasteiger partial charge on any atom is 0.243 e. The van der Waals surface area contributed by atoms with E-state index in [4.69, 9.17) is 11.6 Å². The lowest BCUT2D eigenvalue weighted by Gasteiger charge is -2.31. The number of nitrogens with one attached hydrogen (secondary N) is 1. The predicted octanol–water partition coefficient (Wildman–Crippen LogP) is 4.74. The zero-order valence-electron chi connectivity index (χ0n) is 19.0. The number of carbonyl (C=O) groups excluding carboxylic acids is 1. The first-order valence-corrected chi connectivity index (χ1v) is 13.0. The van der Waals surface area contributed by atoms with Gasteiger partial charge < -0.3 is 15.0 Å². The smallest absolute Gasteiger partial charge is 0.243 e. The van der Waals surface area contributed by atoms with Crippen LogP contribution < -0.4 is 5.32 Å². The summed E-state index contributed by atoms with van der Waals surface area (Å²) in [7, 11) is -1.56. The van der Waals surface area contributed by atoms with E-state index in [-0.39, 0.29) is 17.2 Å². The first-order valence-electron chi connectivity index (χ1n) is 11.2. The largest absolute Gasteiger partial charge is 0.355 e. The molecule has 0 aromatic heterocycles. The lowest BCUT2D eigenvalue weighted by atomic mass is 9.88. The number of carbonyl (C=O) groups is 1. The summed E-state index contributed by atoms with van der Waals surface area (Å²) in [6, 6.07) is 22.2. The molecule has 1 aliphatic rings. The number of para-hydroxylation sites is 1. The van der Waals surface area contributed by atoms with Gasteiger partial charge in [0, 0.05) is 54.9 Å². The molecule has 178 valence electrons. The summed E-state index contributed by atoms with van der Waals surface area (Å²) in [5.41, 5.74) is 3.49. The Morgan fingerprint density at radius 1 is 0.971 bits per heavy atom. The van der Waals surface area contributed by atoms with Crippen LogP contribution in [0.25, 0.3) is 0 Å². The van der Waals surface area contributed by atoms with Crippen molar-refractivity contribution in [3.05, 3.63) is 88.9 Å². The molecule has 1 aliphatic heterocycles. The van der Waals surface area contributed by atoms with Crippen LogP contribution in [0.3, 0.4) is 0 Å². The van der Waals surface area contributed by atoms with Gasteiger partial charge in [-0.1, -0.05) is 48.0 Å². The molecule has 0 radical (unpaired) electrons. The van der Waals surface area contributed by atoms with E-state index < -0.39 is 10.0 Å². The van der Waals surface area contributed by atoms with Crippen LogP contribution in [0.2, 0.25) is 5.02 Å². The van der Waals surface area contributed by atoms with Gasteiger partial charge >= 0.3 is 0 Å². The zero-order chi connectivity index (χ0) is 24.1. The Balaban J connectivity index is 1.64. The number of benzene rings is 3. The average Bonchev–Trinajstić information content (AvgIpc) is 2.84. The molecular weight excluding hydrogens is 470 g/mol. The van der Waals surface area contributed by atoms with E-state index in [0.29, 0.717) is 31.2 Å². The van der Waals surface area contributed by atoms with Gasteiger partial charge in [0.25, 0.3) is 0 Å². The van der Waals surface area contributed by atoms with Crippen LogP contribution in [0.15, 0.2) is 77.7 Å². The summed E-state index contributed by atoms with van der Waals surface area (Å²) in [6.45, 7) is 2.39. The molecule has 1 N–H and O–H groups in total. The van der Waals surface area contributed by atoms with E-state index in [1.165, 1.54) is 4.31 Å². The second-order valence-electron chi connectivity index (χ2n) is 8.45. The Hall–Kier alpha value is -2.71. The first-order chi connectivity index (χ1) is 16.4. The van der Waals surface area contributed by atoms with E-state index >= 15 is 0 Å². The second-order valence-corrected chi connectivity index (χ2v) is 10.8. The average molecular weight is 498 g/mol. The van der Waals surface area contributed by atoms with Crippen molar-refractivity contribution in [3.8, 4) is 0 Å². The molecule has 0 saturated carbocycles. The van der Waals surface area contributed by atoms with Gasteiger partial charge in [-0.05, 0) is 54.6 Å². The standard InChI is InChI=1S/C26H28ClN3O3S/c1-29-14-16-30(17-15-29)34(32,33)23-10-7-20(8-11-23)24(13-18-31)25-12-9-21(27)19-26(25)28-22-5-3-2-4-6-22/h2-12,18-19,24,28H,13-17H2,1H3. The van der Waals surface area contributed by atoms with Crippen molar-refractivity contribution in [2.45, 2.75) is 17.2 Å². The Morgan fingerprint density at radius 3 is 2.29 bits per heavy atom. The minimum Gasteiger partial charge on any atom is -0.355 e. The third-order valence-electron chi connectivity index (χ3n) is 6.16. The van der Waals surface area contributed by atoms with Gasteiger partial charge in [0.15, 0.2) is 0 Å². The number of sulfonamides is 1. The molecular formula is C26H28ClN3O3S. The van der Waals surface area contributed by atoms with Crippen molar-refractivity contribution in [3.63, 3.8) is 0 Å². The van der Waals surface area contributed by atoms with Gasteiger partial charge in [-0.25, -0.2) is 8.42 Å². The monoisotopic (exact) mass is 497 g/mol. The number of aldehydes is 1. The van der Waals surface area contributed by atoms with Crippen molar-refractivity contribution in [1.29, 1.82) is 0 Å². The number of likely N-dealkylation sites (N-methyl/N-ethyl adjacent to an activating group) is 1. The van der Waals surface area contributed by atoms with E-state index in [0.717, 1.165) is 28.8 Å². The van der Waals surface area contributed by atoms with Crippen LogP contribution in [0.1, 0.15) is 23.5 Å². The molecule has 1 fully saturated rings. The van der Waals surface area contributed by atoms with E-state index in [1.54, 1.807) is 30.3 Å². The van der Waals surface area contributed by atoms with Gasteiger partial charge in [0.2, 0.25) is 10.0 Å². The molecule has 4 rings (SSSR count). The van der Waals surface area contributed by atoms with Gasteiger partial charge in [-0.15, -0.1) is 0 Å². The van der Waals surface area contributed by atoms with Gasteiger partial charge in [0.05, 0.1) is 4.90 Å². The highest BCUT2D eigenvalue weighted by atomic mass is 35.5. The summed E-state index contributed by atoms with van der Waals surface area (Å²) in [5.74, 6) is -0.249. The van der Waals surface area contributed by atoms with Gasteiger partial charge in [0.1, 0.15) is 6.29 Å². The molecule has 1 unspecified atom stereocenters. The van der Waals surface area contributed by atoms with Crippen molar-refractivity contribution in [2.24, 2.45) is 0 Å². The predicted molar refractivity (Wildman–Crippen MR) is 136 cm³/mol. The number of piperazine rings is 1. The second kappa shape index (κ2) is 10.7. The van der Waals surface area contributed by atoms with Gasteiger partial charge in [-0.2, -0.15) is 4.31 Å². The number of halogens is 1. The molecule has 8 heteroatoms. The van der Waals surface area contributed by atoms with Crippen molar-refractivity contribution < 1.29 is 13.2 Å². The van der Waals surface area contributed by atoms with Crippen LogP contribution in [-0.2, 0) is 14.8 Å². The highest BCUT2D eigenvalue weighted by molar-refractivity contribution is 7.89. The maximum atomic E-state index is 13.1. The van der Waals surface area contributed by atoms with Crippen molar-refractivity contribution in [1.82, 2.24) is 9.21 Å². The number of hydrogen-bond donors (Lipinski definition) is 1. The Bertz CT molecular complexity index is 1230. The van der Waals surface area contributed by atoms with Crippen LogP contribution in [0, 0.1) is 0 Å². The maximum absolute atomic E-state index is 13.1. The number of anilines is 2. The lowest BCUT2D eigenvalue weighted by molar-refractivity contribution is -0.108. The lowest BCUT2D eigenvalue weighted by Crippen LogP contribution is -2.46.